The molecule has 1 heterocycles. The summed E-state index contributed by atoms with van der Waals surface area (Å²) in [6.45, 7) is 9.10. The molecule has 2 N–H and O–H groups in total. The zero-order valence-corrected chi connectivity index (χ0v) is 11.7. The Hall–Kier alpha value is -1.46. The summed E-state index contributed by atoms with van der Waals surface area (Å²) in [4.78, 5) is 17.2. The number of aromatic carboxylic acids is 1. The van der Waals surface area contributed by atoms with Gasteiger partial charge < -0.3 is 15.3 Å². The van der Waals surface area contributed by atoms with Gasteiger partial charge in [0.05, 0.1) is 5.69 Å². The van der Waals surface area contributed by atoms with Gasteiger partial charge in [-0.05, 0) is 44.7 Å². The van der Waals surface area contributed by atoms with Crippen molar-refractivity contribution in [3.8, 4) is 0 Å². The molecule has 0 atom stereocenters. The van der Waals surface area contributed by atoms with E-state index < -0.39 is 5.97 Å². The average Bonchev–Trinajstić information content (AvgIpc) is 2.43. The van der Waals surface area contributed by atoms with E-state index in [0.717, 1.165) is 38.3 Å². The van der Waals surface area contributed by atoms with Crippen LogP contribution in [0.3, 0.4) is 0 Å². The number of rotatable bonds is 9. The quantitative estimate of drug-likeness (QED) is 0.664. The average molecular weight is 265 g/mol. The maximum absolute atomic E-state index is 10.8. The first-order valence-corrected chi connectivity index (χ1v) is 6.79. The second-order valence-electron chi connectivity index (χ2n) is 4.38. The molecule has 106 valence electrons. The number of pyridine rings is 1. The van der Waals surface area contributed by atoms with Crippen LogP contribution in [0, 0.1) is 0 Å². The first-order chi connectivity index (χ1) is 9.17. The minimum Gasteiger partial charge on any atom is -0.477 e. The molecule has 0 aromatic carbocycles. The SMILES string of the molecule is CCN(CC)CCCNCc1cccc(C(=O)O)n1. The molecule has 0 aliphatic rings. The highest BCUT2D eigenvalue weighted by Crippen LogP contribution is 1.99. The number of aromatic nitrogens is 1. The summed E-state index contributed by atoms with van der Waals surface area (Å²) < 4.78 is 0. The zero-order valence-electron chi connectivity index (χ0n) is 11.7. The number of hydrogen-bond acceptors (Lipinski definition) is 4. The van der Waals surface area contributed by atoms with Crippen molar-refractivity contribution in [2.24, 2.45) is 0 Å². The number of carboxylic acids is 1. The third-order valence-corrected chi connectivity index (χ3v) is 3.05. The largest absolute Gasteiger partial charge is 0.477 e. The number of nitrogens with one attached hydrogen (secondary N) is 1. The molecule has 1 aromatic rings. The highest BCUT2D eigenvalue weighted by Gasteiger charge is 2.04. The fourth-order valence-corrected chi connectivity index (χ4v) is 1.88. The molecular formula is C14H23N3O2. The Morgan fingerprint density at radius 3 is 2.74 bits per heavy atom. The van der Waals surface area contributed by atoms with Crippen LogP contribution in [0.25, 0.3) is 0 Å². The summed E-state index contributed by atoms with van der Waals surface area (Å²) in [6.07, 6.45) is 1.08. The predicted molar refractivity (Wildman–Crippen MR) is 75.3 cm³/mol. The lowest BCUT2D eigenvalue weighted by Gasteiger charge is -2.17. The van der Waals surface area contributed by atoms with Gasteiger partial charge in [-0.25, -0.2) is 9.78 Å². The van der Waals surface area contributed by atoms with E-state index in [9.17, 15) is 4.79 Å². The molecule has 0 saturated heterocycles. The first-order valence-electron chi connectivity index (χ1n) is 6.79. The first kappa shape index (κ1) is 15.6. The topological polar surface area (TPSA) is 65.5 Å². The Bertz CT molecular complexity index is 392. The standard InChI is InChI=1S/C14H23N3O2/c1-3-17(4-2)10-6-9-15-11-12-7-5-8-13(16-12)14(18)19/h5,7-8,15H,3-4,6,9-11H2,1-2H3,(H,18,19). The van der Waals surface area contributed by atoms with Gasteiger partial charge in [-0.15, -0.1) is 0 Å². The van der Waals surface area contributed by atoms with E-state index in [1.165, 1.54) is 6.07 Å². The number of carbonyl (C=O) groups is 1. The lowest BCUT2D eigenvalue weighted by molar-refractivity contribution is 0.0690. The van der Waals surface area contributed by atoms with Crippen molar-refractivity contribution in [2.45, 2.75) is 26.8 Å². The van der Waals surface area contributed by atoms with Crippen LogP contribution in [0.2, 0.25) is 0 Å². The van der Waals surface area contributed by atoms with Crippen LogP contribution in [0.5, 0.6) is 0 Å². The molecule has 1 aromatic heterocycles. The van der Waals surface area contributed by atoms with Crippen molar-refractivity contribution in [3.05, 3.63) is 29.6 Å². The third kappa shape index (κ3) is 5.81. The van der Waals surface area contributed by atoms with E-state index >= 15 is 0 Å². The second-order valence-corrected chi connectivity index (χ2v) is 4.38. The zero-order chi connectivity index (χ0) is 14.1. The number of carboxylic acid groups (broad SMARTS) is 1. The van der Waals surface area contributed by atoms with Gasteiger partial charge in [0.1, 0.15) is 5.69 Å². The summed E-state index contributed by atoms with van der Waals surface area (Å²) >= 11 is 0. The van der Waals surface area contributed by atoms with Crippen LogP contribution in [0.15, 0.2) is 18.2 Å². The Morgan fingerprint density at radius 1 is 1.37 bits per heavy atom. The Balaban J connectivity index is 2.26. The van der Waals surface area contributed by atoms with Gasteiger partial charge >= 0.3 is 5.97 Å². The maximum atomic E-state index is 10.8. The van der Waals surface area contributed by atoms with Gasteiger partial charge in [0.2, 0.25) is 0 Å². The fraction of sp³-hybridized carbons (Fsp3) is 0.571. The molecule has 5 nitrogen and oxygen atoms in total. The van der Waals surface area contributed by atoms with Gasteiger partial charge in [-0.3, -0.25) is 0 Å². The van der Waals surface area contributed by atoms with E-state index in [1.807, 2.05) is 6.07 Å². The van der Waals surface area contributed by atoms with Gasteiger partial charge in [0.15, 0.2) is 0 Å². The molecule has 0 bridgehead atoms. The normalized spacial score (nSPS) is 10.9. The number of nitrogens with zero attached hydrogens (tertiary/aromatic N) is 2. The Morgan fingerprint density at radius 2 is 2.11 bits per heavy atom. The van der Waals surface area contributed by atoms with E-state index in [4.69, 9.17) is 5.11 Å². The fourth-order valence-electron chi connectivity index (χ4n) is 1.88. The third-order valence-electron chi connectivity index (χ3n) is 3.05. The summed E-state index contributed by atoms with van der Waals surface area (Å²) in [5, 5.41) is 12.1. The molecular weight excluding hydrogens is 242 g/mol. The molecule has 0 radical (unpaired) electrons. The summed E-state index contributed by atoms with van der Waals surface area (Å²) in [5.74, 6) is -0.983. The van der Waals surface area contributed by atoms with Gasteiger partial charge in [-0.1, -0.05) is 19.9 Å². The van der Waals surface area contributed by atoms with E-state index in [0.29, 0.717) is 6.54 Å². The van der Waals surface area contributed by atoms with Crippen molar-refractivity contribution in [1.82, 2.24) is 15.2 Å². The van der Waals surface area contributed by atoms with Crippen molar-refractivity contribution < 1.29 is 9.90 Å². The minimum atomic E-state index is -0.983. The smallest absolute Gasteiger partial charge is 0.354 e. The molecule has 1 rings (SSSR count). The lowest BCUT2D eigenvalue weighted by Crippen LogP contribution is -2.27. The van der Waals surface area contributed by atoms with Crippen molar-refractivity contribution in [1.29, 1.82) is 0 Å². The Kier molecular flexibility index (Phi) is 7.07. The lowest BCUT2D eigenvalue weighted by atomic mass is 10.3. The van der Waals surface area contributed by atoms with Crippen LogP contribution in [-0.4, -0.2) is 47.1 Å². The minimum absolute atomic E-state index is 0.0995. The summed E-state index contributed by atoms with van der Waals surface area (Å²) in [7, 11) is 0. The monoisotopic (exact) mass is 265 g/mol. The summed E-state index contributed by atoms with van der Waals surface area (Å²) in [6, 6.07) is 5.07. The van der Waals surface area contributed by atoms with Crippen LogP contribution >= 0.6 is 0 Å². The maximum Gasteiger partial charge on any atom is 0.354 e. The molecule has 0 aliphatic heterocycles. The van der Waals surface area contributed by atoms with E-state index in [2.05, 4.69) is 29.0 Å². The van der Waals surface area contributed by atoms with Crippen LogP contribution < -0.4 is 5.32 Å². The van der Waals surface area contributed by atoms with Crippen molar-refractivity contribution >= 4 is 5.97 Å². The highest BCUT2D eigenvalue weighted by molar-refractivity contribution is 5.85. The highest BCUT2D eigenvalue weighted by atomic mass is 16.4. The summed E-state index contributed by atoms with van der Waals surface area (Å²) in [5.41, 5.74) is 0.866. The van der Waals surface area contributed by atoms with Crippen molar-refractivity contribution in [2.75, 3.05) is 26.2 Å². The van der Waals surface area contributed by atoms with Gasteiger partial charge in [0.25, 0.3) is 0 Å². The second kappa shape index (κ2) is 8.61. The molecule has 0 fully saturated rings. The van der Waals surface area contributed by atoms with Gasteiger partial charge in [-0.2, -0.15) is 0 Å². The molecule has 0 aliphatic carbocycles. The molecule has 0 spiro atoms. The molecule has 0 unspecified atom stereocenters. The van der Waals surface area contributed by atoms with Crippen LogP contribution in [-0.2, 0) is 6.54 Å². The van der Waals surface area contributed by atoms with Crippen molar-refractivity contribution in [3.63, 3.8) is 0 Å². The van der Waals surface area contributed by atoms with Crippen LogP contribution in [0.1, 0.15) is 36.5 Å². The van der Waals surface area contributed by atoms with Gasteiger partial charge in [0, 0.05) is 6.54 Å². The van der Waals surface area contributed by atoms with Crippen LogP contribution in [0.4, 0.5) is 0 Å². The molecule has 0 saturated carbocycles. The Labute approximate surface area is 114 Å². The van der Waals surface area contributed by atoms with E-state index in [-0.39, 0.29) is 5.69 Å². The molecule has 0 amide bonds. The van der Waals surface area contributed by atoms with E-state index in [1.54, 1.807) is 6.07 Å². The number of hydrogen-bond donors (Lipinski definition) is 2. The predicted octanol–water partition coefficient (Wildman–Crippen LogP) is 1.60. The molecule has 5 heteroatoms. The molecule has 19 heavy (non-hydrogen) atoms.